The largest absolute Gasteiger partial charge is 0.158 e. The molecule has 7 rings (SSSR count). The summed E-state index contributed by atoms with van der Waals surface area (Å²) < 4.78 is 2.91. The average Bonchev–Trinajstić information content (AvgIpc) is 3.49. The molecular weight excluding hydrogens is 616 g/mol. The van der Waals surface area contributed by atoms with Gasteiger partial charge in [-0.1, -0.05) is 146 Å². The average molecular weight is 662 g/mol. The lowest BCUT2D eigenvalue weighted by Gasteiger charge is -2.53. The molecule has 1 nitrogen and oxygen atoms in total. The van der Waals surface area contributed by atoms with Crippen LogP contribution in [0.15, 0.2) is 170 Å². The summed E-state index contributed by atoms with van der Waals surface area (Å²) in [7, 11) is -4.70. The molecule has 1 saturated heterocycles. The zero-order valence-corrected chi connectivity index (χ0v) is 29.9. The van der Waals surface area contributed by atoms with Crippen molar-refractivity contribution in [3.8, 4) is 22.3 Å². The normalized spacial score (nSPS) is 17.5. The van der Waals surface area contributed by atoms with Crippen molar-refractivity contribution in [1.82, 2.24) is 4.44 Å². The number of benzene rings is 6. The van der Waals surface area contributed by atoms with E-state index in [1.165, 1.54) is 44.0 Å². The smallest absolute Gasteiger partial charge is 0.0912 e. The molecule has 48 heavy (non-hydrogen) atoms. The van der Waals surface area contributed by atoms with Crippen LogP contribution in [0, 0.1) is 13.3 Å². The number of rotatable bonds is 9. The van der Waals surface area contributed by atoms with Gasteiger partial charge in [-0.3, -0.25) is 0 Å². The number of nitrogens with zero attached hydrogens (tertiary/aromatic N) is 1. The molecule has 0 radical (unpaired) electrons. The second kappa shape index (κ2) is 13.9. The highest BCUT2D eigenvalue weighted by Gasteiger charge is 2.61. The van der Waals surface area contributed by atoms with Gasteiger partial charge in [-0.2, -0.15) is 6.66 Å². The van der Waals surface area contributed by atoms with Gasteiger partial charge in [0.1, 0.15) is 0 Å². The molecule has 3 heteroatoms. The van der Waals surface area contributed by atoms with Crippen molar-refractivity contribution >= 4 is 25.4 Å². The van der Waals surface area contributed by atoms with Crippen LogP contribution in [0.2, 0.25) is 0 Å². The fourth-order valence-electron chi connectivity index (χ4n) is 8.05. The molecule has 0 amide bonds. The van der Waals surface area contributed by atoms with Crippen LogP contribution in [0.4, 0.5) is 0 Å². The summed E-state index contributed by atoms with van der Waals surface area (Å²) in [5.41, 5.74) is 8.43. The van der Waals surface area contributed by atoms with E-state index < -0.39 is 14.8 Å². The molecule has 0 unspecified atom stereocenters. The first-order valence-corrected chi connectivity index (χ1v) is 21.1. The molecule has 0 spiro atoms. The maximum absolute atomic E-state index is 5.51. The van der Waals surface area contributed by atoms with Gasteiger partial charge in [0.15, 0.2) is 0 Å². The van der Waals surface area contributed by atoms with Gasteiger partial charge < -0.3 is 0 Å². The van der Waals surface area contributed by atoms with E-state index >= 15 is 0 Å². The van der Waals surface area contributed by atoms with Gasteiger partial charge in [0, 0.05) is 7.41 Å². The molecule has 0 N–H and O–H groups in total. The minimum atomic E-state index is -2.50. The van der Waals surface area contributed by atoms with Crippen LogP contribution < -0.4 is 10.6 Å². The Morgan fingerprint density at radius 1 is 0.521 bits per heavy atom. The summed E-state index contributed by atoms with van der Waals surface area (Å²) in [6, 6.07) is 62.7. The Morgan fingerprint density at radius 3 is 1.25 bits per heavy atom. The van der Waals surface area contributed by atoms with Crippen LogP contribution in [-0.4, -0.2) is 10.5 Å². The lowest BCUT2D eigenvalue weighted by Crippen LogP contribution is -2.40. The van der Waals surface area contributed by atoms with Crippen molar-refractivity contribution in [3.63, 3.8) is 0 Å². The van der Waals surface area contributed by atoms with Crippen molar-refractivity contribution in [3.05, 3.63) is 194 Å². The SMILES string of the molecule is [CH2-][P+](c1cccc(-c2ccccc2)c1)(c1cccc(-c2ccccc2)c1)N(C(C)C)[P+]1([CH2-])[C@H](c2ccccc2)CC[C@H]1c1ccccc1. The van der Waals surface area contributed by atoms with E-state index in [-0.39, 0.29) is 6.04 Å². The van der Waals surface area contributed by atoms with Crippen LogP contribution >= 0.6 is 14.8 Å². The fraction of sp³-hybridized carbons (Fsp3) is 0.156. The second-order valence-corrected chi connectivity index (χ2v) is 20.1. The molecule has 0 bridgehead atoms. The van der Waals surface area contributed by atoms with Gasteiger partial charge in [-0.15, -0.1) is 11.1 Å². The highest BCUT2D eigenvalue weighted by Crippen LogP contribution is 2.92. The second-order valence-electron chi connectivity index (χ2n) is 13.3. The zero-order chi connectivity index (χ0) is 33.1. The number of hydrogen-bond donors (Lipinski definition) is 0. The van der Waals surface area contributed by atoms with Crippen LogP contribution in [0.5, 0.6) is 0 Å². The van der Waals surface area contributed by atoms with E-state index in [2.05, 4.69) is 188 Å². The topological polar surface area (TPSA) is 3.24 Å². The predicted molar refractivity (Wildman–Crippen MR) is 212 cm³/mol. The monoisotopic (exact) mass is 661 g/mol. The Balaban J connectivity index is 1.50. The maximum Gasteiger partial charge on any atom is 0.0912 e. The Labute approximate surface area is 289 Å². The first-order valence-electron chi connectivity index (χ1n) is 17.1. The van der Waals surface area contributed by atoms with E-state index in [1.54, 1.807) is 0 Å². The molecule has 6 aromatic carbocycles. The van der Waals surface area contributed by atoms with Gasteiger partial charge in [0.25, 0.3) is 0 Å². The maximum atomic E-state index is 5.51. The molecule has 2 atom stereocenters. The van der Waals surface area contributed by atoms with Crippen molar-refractivity contribution in [2.45, 2.75) is 44.0 Å². The lowest BCUT2D eigenvalue weighted by molar-refractivity contribution is 0.556. The van der Waals surface area contributed by atoms with Crippen molar-refractivity contribution in [2.24, 2.45) is 0 Å². The summed E-state index contributed by atoms with van der Waals surface area (Å²) in [6.07, 6.45) is 2.25. The zero-order valence-electron chi connectivity index (χ0n) is 28.1. The third-order valence-corrected chi connectivity index (χ3v) is 20.0. The fourth-order valence-corrected chi connectivity index (χ4v) is 19.1. The molecule has 1 aliphatic rings. The van der Waals surface area contributed by atoms with E-state index in [9.17, 15) is 0 Å². The van der Waals surface area contributed by atoms with Gasteiger partial charge in [0.2, 0.25) is 0 Å². The Kier molecular flexibility index (Phi) is 9.49. The van der Waals surface area contributed by atoms with Gasteiger partial charge in [-0.25, -0.2) is 0 Å². The highest BCUT2D eigenvalue weighted by molar-refractivity contribution is 7.97. The Hall–Kier alpha value is -3.86. The molecule has 1 aliphatic heterocycles. The number of hydrogen-bond acceptors (Lipinski definition) is 1. The summed E-state index contributed by atoms with van der Waals surface area (Å²) in [5.74, 6) is 0. The molecular formula is C45H45NP2. The third kappa shape index (κ3) is 5.99. The summed E-state index contributed by atoms with van der Waals surface area (Å²) in [6.45, 7) is 15.8. The van der Waals surface area contributed by atoms with Crippen molar-refractivity contribution < 1.29 is 0 Å². The van der Waals surface area contributed by atoms with E-state index in [1.807, 2.05) is 0 Å². The summed E-state index contributed by atoms with van der Waals surface area (Å²) in [4.78, 5) is 0. The predicted octanol–water partition coefficient (Wildman–Crippen LogP) is 12.4. The van der Waals surface area contributed by atoms with Crippen LogP contribution in [0.25, 0.3) is 22.3 Å². The lowest BCUT2D eigenvalue weighted by atomic mass is 10.0. The molecule has 6 aromatic rings. The summed E-state index contributed by atoms with van der Waals surface area (Å²) >= 11 is 0. The summed E-state index contributed by atoms with van der Waals surface area (Å²) in [5, 5.41) is 2.60. The first-order chi connectivity index (χ1) is 23.4. The quantitative estimate of drug-likeness (QED) is 0.110. The molecule has 0 saturated carbocycles. The van der Waals surface area contributed by atoms with E-state index in [0.717, 1.165) is 12.8 Å². The Morgan fingerprint density at radius 2 is 0.875 bits per heavy atom. The van der Waals surface area contributed by atoms with Gasteiger partial charge >= 0.3 is 0 Å². The molecule has 0 aliphatic carbocycles. The Bertz CT molecular complexity index is 1810. The van der Waals surface area contributed by atoms with Crippen LogP contribution in [0.1, 0.15) is 49.1 Å². The van der Waals surface area contributed by atoms with Crippen LogP contribution in [-0.2, 0) is 0 Å². The molecule has 1 fully saturated rings. The minimum Gasteiger partial charge on any atom is -0.158 e. The van der Waals surface area contributed by atoms with Crippen molar-refractivity contribution in [2.75, 3.05) is 0 Å². The van der Waals surface area contributed by atoms with Crippen LogP contribution in [0.3, 0.4) is 0 Å². The third-order valence-electron chi connectivity index (χ3n) is 10.1. The van der Waals surface area contributed by atoms with E-state index in [4.69, 9.17) is 13.3 Å². The van der Waals surface area contributed by atoms with Gasteiger partial charge in [0.05, 0.1) is 35.4 Å². The molecule has 1 heterocycles. The first kappa shape index (κ1) is 32.7. The van der Waals surface area contributed by atoms with Crippen molar-refractivity contribution in [1.29, 1.82) is 0 Å². The standard InChI is InChI=1S/C45H45NP2/c1-35(2)46(48(4)44(38-23-13-7-14-24-38)31-32-45(48)39-25-15-8-16-26-39)47(3,42-29-17-27-40(33-42)36-19-9-5-10-20-36)43-30-18-28-41(34-43)37-21-11-6-12-22-37/h5-30,33-35,44-45H,3-4,31-32H2,1-2H3/t44-,45-/m0/s1. The van der Waals surface area contributed by atoms with Gasteiger partial charge in [-0.05, 0) is 84.3 Å². The highest BCUT2D eigenvalue weighted by atomic mass is 31.2. The molecule has 240 valence electrons. The minimum absolute atomic E-state index is 0.220. The van der Waals surface area contributed by atoms with E-state index in [0.29, 0.717) is 11.3 Å². The molecule has 0 aromatic heterocycles.